The van der Waals surface area contributed by atoms with E-state index < -0.39 is 12.1 Å². The monoisotopic (exact) mass is 346 g/mol. The lowest BCUT2D eigenvalue weighted by atomic mass is 10.1. The van der Waals surface area contributed by atoms with Crippen LogP contribution in [0.5, 0.6) is 5.75 Å². The average Bonchev–Trinajstić information content (AvgIpc) is 2.59. The van der Waals surface area contributed by atoms with E-state index in [1.165, 1.54) is 12.1 Å². The number of hydrogen-bond donors (Lipinski definition) is 3. The van der Waals surface area contributed by atoms with E-state index in [1.807, 2.05) is 19.9 Å². The molecule has 0 aliphatic carbocycles. The van der Waals surface area contributed by atoms with Crippen molar-refractivity contribution in [1.82, 2.24) is 10.6 Å². The number of aliphatic hydroxyl groups excluding tert-OH is 1. The van der Waals surface area contributed by atoms with Gasteiger partial charge in [0.25, 0.3) is 0 Å². The SMILES string of the molecule is CC(C)Oc1cccc(C(O)CNC(=O)NCc2ccc(F)cc2)c1. The van der Waals surface area contributed by atoms with E-state index in [4.69, 9.17) is 4.74 Å². The van der Waals surface area contributed by atoms with Gasteiger partial charge in [0.05, 0.1) is 12.2 Å². The molecule has 0 saturated heterocycles. The van der Waals surface area contributed by atoms with Crippen molar-refractivity contribution < 1.29 is 19.0 Å². The van der Waals surface area contributed by atoms with Crippen LogP contribution in [0.4, 0.5) is 9.18 Å². The molecule has 25 heavy (non-hydrogen) atoms. The van der Waals surface area contributed by atoms with Crippen LogP contribution in [-0.2, 0) is 6.54 Å². The van der Waals surface area contributed by atoms with E-state index >= 15 is 0 Å². The Hall–Kier alpha value is -2.60. The first-order valence-corrected chi connectivity index (χ1v) is 8.15. The Labute approximate surface area is 146 Å². The molecule has 2 amide bonds. The number of benzene rings is 2. The van der Waals surface area contributed by atoms with Gasteiger partial charge >= 0.3 is 6.03 Å². The van der Waals surface area contributed by atoms with Gasteiger partial charge in [-0.1, -0.05) is 24.3 Å². The summed E-state index contributed by atoms with van der Waals surface area (Å²) in [7, 11) is 0. The molecule has 0 spiro atoms. The predicted octanol–water partition coefficient (Wildman–Crippen LogP) is 3.15. The third-order valence-electron chi connectivity index (χ3n) is 3.44. The molecule has 0 radical (unpaired) electrons. The van der Waals surface area contributed by atoms with Crippen LogP contribution in [0, 0.1) is 5.82 Å². The van der Waals surface area contributed by atoms with Crippen molar-refractivity contribution in [2.75, 3.05) is 6.54 Å². The number of carbonyl (C=O) groups is 1. The van der Waals surface area contributed by atoms with Crippen LogP contribution in [0.1, 0.15) is 31.1 Å². The molecule has 0 saturated carbocycles. The van der Waals surface area contributed by atoms with Gasteiger partial charge in [-0.3, -0.25) is 0 Å². The summed E-state index contributed by atoms with van der Waals surface area (Å²) in [5.74, 6) is 0.354. The average molecular weight is 346 g/mol. The molecular weight excluding hydrogens is 323 g/mol. The highest BCUT2D eigenvalue weighted by atomic mass is 19.1. The number of carbonyl (C=O) groups excluding carboxylic acids is 1. The van der Waals surface area contributed by atoms with Crippen molar-refractivity contribution in [1.29, 1.82) is 0 Å². The smallest absolute Gasteiger partial charge is 0.315 e. The maximum Gasteiger partial charge on any atom is 0.315 e. The van der Waals surface area contributed by atoms with Crippen molar-refractivity contribution in [3.05, 3.63) is 65.5 Å². The van der Waals surface area contributed by atoms with E-state index in [-0.39, 0.29) is 25.0 Å². The van der Waals surface area contributed by atoms with Crippen LogP contribution in [0.2, 0.25) is 0 Å². The van der Waals surface area contributed by atoms with E-state index in [9.17, 15) is 14.3 Å². The predicted molar refractivity (Wildman–Crippen MR) is 93.8 cm³/mol. The molecule has 0 fully saturated rings. The van der Waals surface area contributed by atoms with Gasteiger partial charge in [0.1, 0.15) is 11.6 Å². The van der Waals surface area contributed by atoms with E-state index in [0.29, 0.717) is 11.3 Å². The Kier molecular flexibility index (Phi) is 6.77. The summed E-state index contributed by atoms with van der Waals surface area (Å²) in [5.41, 5.74) is 1.45. The first-order valence-electron chi connectivity index (χ1n) is 8.15. The van der Waals surface area contributed by atoms with Crippen LogP contribution >= 0.6 is 0 Å². The van der Waals surface area contributed by atoms with Gasteiger partial charge in [0, 0.05) is 13.1 Å². The molecule has 5 nitrogen and oxygen atoms in total. The molecule has 6 heteroatoms. The lowest BCUT2D eigenvalue weighted by molar-refractivity contribution is 0.172. The molecule has 2 aromatic rings. The quantitative estimate of drug-likeness (QED) is 0.721. The molecule has 0 aromatic heterocycles. The zero-order chi connectivity index (χ0) is 18.2. The maximum atomic E-state index is 12.8. The third-order valence-corrected chi connectivity index (χ3v) is 3.44. The number of ether oxygens (including phenoxy) is 1. The fraction of sp³-hybridized carbons (Fsp3) is 0.316. The van der Waals surface area contributed by atoms with Crippen LogP contribution in [0.15, 0.2) is 48.5 Å². The molecule has 3 N–H and O–H groups in total. The molecule has 1 unspecified atom stereocenters. The fourth-order valence-corrected chi connectivity index (χ4v) is 2.22. The minimum Gasteiger partial charge on any atom is -0.491 e. The van der Waals surface area contributed by atoms with Gasteiger partial charge in [-0.2, -0.15) is 0 Å². The van der Waals surface area contributed by atoms with Crippen molar-refractivity contribution in [2.45, 2.75) is 32.6 Å². The highest BCUT2D eigenvalue weighted by Gasteiger charge is 2.11. The number of rotatable bonds is 7. The highest BCUT2D eigenvalue weighted by molar-refractivity contribution is 5.73. The third kappa shape index (κ3) is 6.43. The first kappa shape index (κ1) is 18.7. The second kappa shape index (κ2) is 9.03. The van der Waals surface area contributed by atoms with Gasteiger partial charge in [0.15, 0.2) is 0 Å². The van der Waals surface area contributed by atoms with Crippen molar-refractivity contribution in [3.8, 4) is 5.75 Å². The highest BCUT2D eigenvalue weighted by Crippen LogP contribution is 2.19. The topological polar surface area (TPSA) is 70.6 Å². The normalized spacial score (nSPS) is 11.9. The lowest BCUT2D eigenvalue weighted by Gasteiger charge is -2.15. The van der Waals surface area contributed by atoms with Crippen LogP contribution in [-0.4, -0.2) is 23.8 Å². The molecule has 134 valence electrons. The Bertz CT molecular complexity index is 689. The fourth-order valence-electron chi connectivity index (χ4n) is 2.22. The Morgan fingerprint density at radius 3 is 2.56 bits per heavy atom. The summed E-state index contributed by atoms with van der Waals surface area (Å²) >= 11 is 0. The molecule has 2 aromatic carbocycles. The largest absolute Gasteiger partial charge is 0.491 e. The van der Waals surface area contributed by atoms with Gasteiger partial charge in [-0.05, 0) is 49.2 Å². The number of nitrogens with one attached hydrogen (secondary N) is 2. The van der Waals surface area contributed by atoms with Crippen molar-refractivity contribution in [2.24, 2.45) is 0 Å². The minimum absolute atomic E-state index is 0.0442. The Balaban J connectivity index is 1.79. The van der Waals surface area contributed by atoms with E-state index in [1.54, 1.807) is 30.3 Å². The first-order chi connectivity index (χ1) is 11.9. The molecule has 0 heterocycles. The summed E-state index contributed by atoms with van der Waals surface area (Å²) in [4.78, 5) is 11.8. The zero-order valence-corrected chi connectivity index (χ0v) is 14.3. The Morgan fingerprint density at radius 1 is 1.16 bits per heavy atom. The van der Waals surface area contributed by atoms with Crippen LogP contribution < -0.4 is 15.4 Å². The van der Waals surface area contributed by atoms with Crippen molar-refractivity contribution in [3.63, 3.8) is 0 Å². The summed E-state index contributed by atoms with van der Waals surface area (Å²) in [6.45, 7) is 4.20. The second-order valence-electron chi connectivity index (χ2n) is 5.94. The van der Waals surface area contributed by atoms with Gasteiger partial charge < -0.3 is 20.5 Å². The number of halogens is 1. The second-order valence-corrected chi connectivity index (χ2v) is 5.94. The van der Waals surface area contributed by atoms with E-state index in [2.05, 4.69) is 10.6 Å². The summed E-state index contributed by atoms with van der Waals surface area (Å²) < 4.78 is 18.4. The maximum absolute atomic E-state index is 12.8. The van der Waals surface area contributed by atoms with Crippen molar-refractivity contribution >= 4 is 6.03 Å². The van der Waals surface area contributed by atoms with Crippen LogP contribution in [0.3, 0.4) is 0 Å². The molecule has 0 aliphatic heterocycles. The standard InChI is InChI=1S/C19H23FN2O3/c1-13(2)25-17-5-3-4-15(10-17)18(23)12-22-19(24)21-11-14-6-8-16(20)9-7-14/h3-10,13,18,23H,11-12H2,1-2H3,(H2,21,22,24). The molecule has 0 aliphatic rings. The minimum atomic E-state index is -0.840. The number of hydrogen-bond acceptors (Lipinski definition) is 3. The summed E-state index contributed by atoms with van der Waals surface area (Å²) in [5, 5.41) is 15.5. The lowest BCUT2D eigenvalue weighted by Crippen LogP contribution is -2.37. The number of urea groups is 1. The molecular formula is C19H23FN2O3. The Morgan fingerprint density at radius 2 is 1.88 bits per heavy atom. The van der Waals surface area contributed by atoms with E-state index in [0.717, 1.165) is 5.56 Å². The van der Waals surface area contributed by atoms with Crippen LogP contribution in [0.25, 0.3) is 0 Å². The molecule has 2 rings (SSSR count). The number of amides is 2. The molecule has 1 atom stereocenters. The summed E-state index contributed by atoms with van der Waals surface area (Å²) in [6.07, 6.45) is -0.796. The van der Waals surface area contributed by atoms with Gasteiger partial charge in [-0.25, -0.2) is 9.18 Å². The van der Waals surface area contributed by atoms with Gasteiger partial charge in [0.2, 0.25) is 0 Å². The zero-order valence-electron chi connectivity index (χ0n) is 14.3. The van der Waals surface area contributed by atoms with Gasteiger partial charge in [-0.15, -0.1) is 0 Å². The molecule has 0 bridgehead atoms. The number of aliphatic hydroxyl groups is 1. The summed E-state index contributed by atoms with van der Waals surface area (Å²) in [6, 6.07) is 12.6.